The van der Waals surface area contributed by atoms with Crippen molar-refractivity contribution >= 4 is 24.2 Å². The molecule has 0 bridgehead atoms. The molecule has 6 heteroatoms. The summed E-state index contributed by atoms with van der Waals surface area (Å²) in [5.41, 5.74) is 6.92. The van der Waals surface area contributed by atoms with Gasteiger partial charge in [-0.3, -0.25) is 9.59 Å². The fourth-order valence-electron chi connectivity index (χ4n) is 4.17. The molecule has 0 unspecified atom stereocenters. The molecule has 2 atom stereocenters. The molecular weight excluding hydrogens is 350 g/mol. The van der Waals surface area contributed by atoms with Gasteiger partial charge < -0.3 is 16.0 Å². The highest BCUT2D eigenvalue weighted by atomic mass is 35.5. The monoisotopic (exact) mass is 379 g/mol. The van der Waals surface area contributed by atoms with E-state index in [2.05, 4.69) is 5.32 Å². The van der Waals surface area contributed by atoms with Crippen molar-refractivity contribution in [2.75, 3.05) is 19.6 Å². The fraction of sp³-hybridized carbons (Fsp3) is 0.600. The minimum absolute atomic E-state index is 0. The summed E-state index contributed by atoms with van der Waals surface area (Å²) >= 11 is 0. The fourth-order valence-corrected chi connectivity index (χ4v) is 4.17. The zero-order valence-corrected chi connectivity index (χ0v) is 16.0. The Balaban J connectivity index is 0.00000243. The van der Waals surface area contributed by atoms with Gasteiger partial charge in [0.25, 0.3) is 0 Å². The number of halogens is 1. The molecule has 3 rings (SSSR count). The van der Waals surface area contributed by atoms with Crippen LogP contribution in [0.5, 0.6) is 0 Å². The second-order valence-corrected chi connectivity index (χ2v) is 7.34. The van der Waals surface area contributed by atoms with E-state index in [1.165, 1.54) is 0 Å². The van der Waals surface area contributed by atoms with Gasteiger partial charge in [0.05, 0.1) is 0 Å². The van der Waals surface area contributed by atoms with Crippen LogP contribution in [0.4, 0.5) is 0 Å². The van der Waals surface area contributed by atoms with Gasteiger partial charge >= 0.3 is 0 Å². The van der Waals surface area contributed by atoms with Crippen LogP contribution < -0.4 is 11.1 Å². The van der Waals surface area contributed by atoms with Crippen molar-refractivity contribution in [1.29, 1.82) is 0 Å². The Morgan fingerprint density at radius 2 is 1.77 bits per heavy atom. The second-order valence-electron chi connectivity index (χ2n) is 7.34. The minimum Gasteiger partial charge on any atom is -0.352 e. The normalized spacial score (nSPS) is 23.3. The number of rotatable bonds is 5. The first-order chi connectivity index (χ1) is 12.2. The molecule has 1 aromatic rings. The lowest BCUT2D eigenvalue weighted by atomic mass is 9.91. The van der Waals surface area contributed by atoms with Gasteiger partial charge in [-0.15, -0.1) is 12.4 Å². The van der Waals surface area contributed by atoms with Crippen molar-refractivity contribution in [2.45, 2.75) is 38.6 Å². The van der Waals surface area contributed by atoms with Gasteiger partial charge in [-0.2, -0.15) is 0 Å². The van der Waals surface area contributed by atoms with E-state index in [1.54, 1.807) is 0 Å². The maximum Gasteiger partial charge on any atom is 0.226 e. The van der Waals surface area contributed by atoms with Crippen molar-refractivity contribution in [3.8, 4) is 0 Å². The second kappa shape index (κ2) is 9.93. The van der Waals surface area contributed by atoms with Crippen molar-refractivity contribution < 1.29 is 9.59 Å². The molecule has 2 amide bonds. The lowest BCUT2D eigenvalue weighted by Gasteiger charge is -2.34. The molecule has 1 heterocycles. The molecule has 1 aliphatic heterocycles. The Morgan fingerprint density at radius 1 is 1.08 bits per heavy atom. The van der Waals surface area contributed by atoms with Crippen LogP contribution in [0.3, 0.4) is 0 Å². The quantitative estimate of drug-likeness (QED) is 0.824. The zero-order valence-electron chi connectivity index (χ0n) is 15.2. The van der Waals surface area contributed by atoms with Gasteiger partial charge in [0.15, 0.2) is 0 Å². The van der Waals surface area contributed by atoms with Crippen LogP contribution in [0.2, 0.25) is 0 Å². The zero-order chi connectivity index (χ0) is 17.6. The minimum atomic E-state index is 0. The summed E-state index contributed by atoms with van der Waals surface area (Å²) in [4.78, 5) is 27.1. The van der Waals surface area contributed by atoms with Gasteiger partial charge in [0.2, 0.25) is 11.8 Å². The van der Waals surface area contributed by atoms with Crippen molar-refractivity contribution in [2.24, 2.45) is 23.5 Å². The third-order valence-corrected chi connectivity index (χ3v) is 5.77. The van der Waals surface area contributed by atoms with E-state index >= 15 is 0 Å². The number of benzene rings is 1. The topological polar surface area (TPSA) is 75.4 Å². The van der Waals surface area contributed by atoms with Crippen LogP contribution in [0.25, 0.3) is 0 Å². The Kier molecular flexibility index (Phi) is 7.91. The SMILES string of the molecule is Cl.NC[C@H]1CCC[C@H]1C(=O)N1CCC(C(=O)NCc2ccccc2)CC1. The first kappa shape index (κ1) is 20.7. The van der Waals surface area contributed by atoms with Gasteiger partial charge in [0.1, 0.15) is 0 Å². The molecule has 144 valence electrons. The van der Waals surface area contributed by atoms with E-state index in [0.29, 0.717) is 32.1 Å². The number of nitrogens with zero attached hydrogens (tertiary/aromatic N) is 1. The largest absolute Gasteiger partial charge is 0.352 e. The summed E-state index contributed by atoms with van der Waals surface area (Å²) in [6.45, 7) is 2.56. The molecule has 2 fully saturated rings. The van der Waals surface area contributed by atoms with Crippen molar-refractivity contribution in [1.82, 2.24) is 10.2 Å². The van der Waals surface area contributed by atoms with E-state index in [4.69, 9.17) is 5.73 Å². The molecule has 1 saturated heterocycles. The van der Waals surface area contributed by atoms with Gasteiger partial charge in [-0.05, 0) is 43.7 Å². The van der Waals surface area contributed by atoms with Crippen molar-refractivity contribution in [3.63, 3.8) is 0 Å². The number of carbonyl (C=O) groups is 2. The van der Waals surface area contributed by atoms with Crippen LogP contribution in [0.1, 0.15) is 37.7 Å². The number of hydrogen-bond acceptors (Lipinski definition) is 3. The average Bonchev–Trinajstić information content (AvgIpc) is 3.15. The lowest BCUT2D eigenvalue weighted by Crippen LogP contribution is -2.46. The highest BCUT2D eigenvalue weighted by molar-refractivity contribution is 5.85. The molecule has 0 aromatic heterocycles. The number of carbonyl (C=O) groups excluding carboxylic acids is 2. The van der Waals surface area contributed by atoms with Crippen LogP contribution in [0, 0.1) is 17.8 Å². The summed E-state index contributed by atoms with van der Waals surface area (Å²) in [6.07, 6.45) is 4.67. The van der Waals surface area contributed by atoms with Crippen LogP contribution in [-0.2, 0) is 16.1 Å². The molecule has 0 spiro atoms. The van der Waals surface area contributed by atoms with Gasteiger partial charge in [-0.25, -0.2) is 0 Å². The smallest absolute Gasteiger partial charge is 0.226 e. The number of nitrogens with one attached hydrogen (secondary N) is 1. The Bertz CT molecular complexity index is 588. The molecule has 1 aromatic carbocycles. The van der Waals surface area contributed by atoms with Crippen molar-refractivity contribution in [3.05, 3.63) is 35.9 Å². The lowest BCUT2D eigenvalue weighted by molar-refractivity contribution is -0.140. The maximum atomic E-state index is 12.7. The third kappa shape index (κ3) is 4.98. The van der Waals surface area contributed by atoms with E-state index in [-0.39, 0.29) is 36.1 Å². The summed E-state index contributed by atoms with van der Waals surface area (Å²) in [7, 11) is 0. The predicted octanol–water partition coefficient (Wildman–Crippen LogP) is 2.34. The Hall–Kier alpha value is -1.59. The first-order valence-electron chi connectivity index (χ1n) is 9.49. The molecule has 26 heavy (non-hydrogen) atoms. The maximum absolute atomic E-state index is 12.7. The summed E-state index contributed by atoms with van der Waals surface area (Å²) < 4.78 is 0. The number of nitrogens with two attached hydrogens (primary N) is 1. The van der Waals surface area contributed by atoms with Crippen LogP contribution >= 0.6 is 12.4 Å². The molecule has 3 N–H and O–H groups in total. The summed E-state index contributed by atoms with van der Waals surface area (Å²) in [5.74, 6) is 0.835. The molecule has 0 radical (unpaired) electrons. The van der Waals surface area contributed by atoms with Crippen LogP contribution in [0.15, 0.2) is 30.3 Å². The summed E-state index contributed by atoms with van der Waals surface area (Å²) in [5, 5.41) is 3.03. The van der Waals surface area contributed by atoms with E-state index < -0.39 is 0 Å². The molecule has 5 nitrogen and oxygen atoms in total. The number of amides is 2. The average molecular weight is 380 g/mol. The number of hydrogen-bond donors (Lipinski definition) is 2. The van der Waals surface area contributed by atoms with E-state index in [1.807, 2.05) is 35.2 Å². The van der Waals surface area contributed by atoms with Gasteiger partial charge in [0, 0.05) is 31.5 Å². The number of likely N-dealkylation sites (tertiary alicyclic amines) is 1. The molecular formula is C20H30ClN3O2. The highest BCUT2D eigenvalue weighted by Gasteiger charge is 2.36. The molecule has 1 aliphatic carbocycles. The predicted molar refractivity (Wildman–Crippen MR) is 105 cm³/mol. The number of piperidine rings is 1. The highest BCUT2D eigenvalue weighted by Crippen LogP contribution is 2.33. The Labute approximate surface area is 162 Å². The first-order valence-corrected chi connectivity index (χ1v) is 9.49. The van der Waals surface area contributed by atoms with E-state index in [0.717, 1.165) is 37.7 Å². The third-order valence-electron chi connectivity index (χ3n) is 5.77. The molecule has 1 saturated carbocycles. The van der Waals surface area contributed by atoms with Crippen LogP contribution in [-0.4, -0.2) is 36.3 Å². The molecule has 2 aliphatic rings. The Morgan fingerprint density at radius 3 is 2.42 bits per heavy atom. The standard InChI is InChI=1S/C20H29N3O2.ClH/c21-13-17-7-4-8-18(17)20(25)23-11-9-16(10-12-23)19(24)22-14-15-5-2-1-3-6-15;/h1-3,5-6,16-18H,4,7-14,21H2,(H,22,24);1H/t17-,18-;/m1./s1. The van der Waals surface area contributed by atoms with Gasteiger partial charge in [-0.1, -0.05) is 36.8 Å². The van der Waals surface area contributed by atoms with E-state index in [9.17, 15) is 9.59 Å². The summed E-state index contributed by atoms with van der Waals surface area (Å²) in [6, 6.07) is 9.94.